The van der Waals surface area contributed by atoms with Crippen molar-refractivity contribution >= 4 is 33.3 Å². The van der Waals surface area contributed by atoms with E-state index >= 15 is 0 Å². The van der Waals surface area contributed by atoms with Crippen LogP contribution in [0.5, 0.6) is 0 Å². The van der Waals surface area contributed by atoms with Gasteiger partial charge in [-0.05, 0) is 37.0 Å². The topological polar surface area (TPSA) is 156 Å². The highest BCUT2D eigenvalue weighted by atomic mass is 16.5. The molecule has 1 fully saturated rings. The Morgan fingerprint density at radius 3 is 2.14 bits per heavy atom. The lowest BCUT2D eigenvalue weighted by molar-refractivity contribution is 0.0620. The van der Waals surface area contributed by atoms with Gasteiger partial charge in [0.1, 0.15) is 11.4 Å². The lowest BCUT2D eigenvalue weighted by atomic mass is 10.00. The van der Waals surface area contributed by atoms with E-state index in [-0.39, 0.29) is 11.8 Å². The van der Waals surface area contributed by atoms with E-state index in [1.54, 1.807) is 20.3 Å². The van der Waals surface area contributed by atoms with Crippen LogP contribution in [0.25, 0.3) is 33.3 Å². The van der Waals surface area contributed by atoms with E-state index in [4.69, 9.17) is 42.3 Å². The zero-order valence-electron chi connectivity index (χ0n) is 21.3. The van der Waals surface area contributed by atoms with Gasteiger partial charge in [0, 0.05) is 56.6 Å². The van der Waals surface area contributed by atoms with Crippen LogP contribution >= 0.6 is 0 Å². The van der Waals surface area contributed by atoms with Crippen LogP contribution in [0.4, 0.5) is 0 Å². The van der Waals surface area contributed by atoms with Gasteiger partial charge in [-0.1, -0.05) is 6.07 Å². The number of pyridine rings is 1. The predicted molar refractivity (Wildman–Crippen MR) is 141 cm³/mol. The van der Waals surface area contributed by atoms with Gasteiger partial charge in [0.25, 0.3) is 0 Å². The van der Waals surface area contributed by atoms with Gasteiger partial charge in [-0.25, -0.2) is 11.7 Å². The quantitative estimate of drug-likeness (QED) is 0.206. The molecule has 0 atom stereocenters. The molecule has 0 amide bonds. The minimum Gasteiger partial charge on any atom is -0.481 e. The Bertz CT molecular complexity index is 1220. The molecule has 8 N–H and O–H groups in total. The van der Waals surface area contributed by atoms with Gasteiger partial charge < -0.3 is 40.3 Å². The largest absolute Gasteiger partial charge is 0.481 e. The van der Waals surface area contributed by atoms with Crippen LogP contribution in [-0.2, 0) is 20.8 Å². The summed E-state index contributed by atoms with van der Waals surface area (Å²) in [6, 6.07) is 8.15. The molecule has 0 radical (unpaired) electrons. The number of hydrogen-bond acceptors (Lipinski definition) is 10. The fourth-order valence-corrected chi connectivity index (χ4v) is 4.84. The number of aromatic nitrogens is 2. The number of nitrogens with zero attached hydrogens (tertiary/aromatic N) is 4. The van der Waals surface area contributed by atoms with E-state index in [1.807, 2.05) is 12.1 Å². The zero-order valence-corrected chi connectivity index (χ0v) is 21.3. The molecule has 2 aromatic heterocycles. The molecule has 0 aliphatic carbocycles. The van der Waals surface area contributed by atoms with Gasteiger partial charge in [0.05, 0.1) is 30.8 Å². The predicted octanol–water partition coefficient (Wildman–Crippen LogP) is 1.69. The van der Waals surface area contributed by atoms with Crippen molar-refractivity contribution < 1.29 is 14.2 Å². The van der Waals surface area contributed by atoms with Crippen LogP contribution in [0.1, 0.15) is 24.0 Å². The fourth-order valence-electron chi connectivity index (χ4n) is 4.84. The summed E-state index contributed by atoms with van der Waals surface area (Å²) in [5, 5.41) is 3.92. The molecule has 3 heterocycles. The molecule has 4 rings (SSSR count). The molecular formula is C25H36N8O3. The van der Waals surface area contributed by atoms with E-state index in [0.717, 1.165) is 65.7 Å². The normalized spacial score (nSPS) is 16.1. The molecule has 3 aromatic rings. The minimum absolute atomic E-state index is 0.214. The first-order valence-electron chi connectivity index (χ1n) is 11.8. The van der Waals surface area contributed by atoms with Crippen molar-refractivity contribution in [3.63, 3.8) is 0 Å². The van der Waals surface area contributed by atoms with Crippen LogP contribution in [0.15, 0.2) is 42.2 Å². The van der Waals surface area contributed by atoms with Crippen molar-refractivity contribution in [2.24, 2.45) is 29.1 Å². The minimum atomic E-state index is 0.214. The standard InChI is InChI=1S/C25H36N8O3/c1-31(28)22(24(26)34-3)16-5-6-18-19(11-16)33(14-15-7-9-36-10-8-15)20-12-17(13-30-21(18)20)23(32(2)29)25(27)35-4/h5-6,11-13,15H,7-10,14,26-29H2,1-4H3/b24-22+,25-23+. The van der Waals surface area contributed by atoms with Gasteiger partial charge in [-0.3, -0.25) is 4.98 Å². The molecular weight excluding hydrogens is 460 g/mol. The molecule has 11 heteroatoms. The number of ether oxygens (including phenoxy) is 3. The summed E-state index contributed by atoms with van der Waals surface area (Å²) in [4.78, 5) is 4.83. The molecule has 11 nitrogen and oxygen atoms in total. The van der Waals surface area contributed by atoms with Crippen molar-refractivity contribution in [3.8, 4) is 0 Å². The molecule has 0 spiro atoms. The third kappa shape index (κ3) is 4.72. The maximum Gasteiger partial charge on any atom is 0.210 e. The number of fused-ring (bicyclic) bond motifs is 3. The summed E-state index contributed by atoms with van der Waals surface area (Å²) >= 11 is 0. The van der Waals surface area contributed by atoms with Crippen LogP contribution < -0.4 is 23.2 Å². The number of methoxy groups -OCH3 is 2. The first-order valence-corrected chi connectivity index (χ1v) is 11.8. The zero-order chi connectivity index (χ0) is 26.0. The summed E-state index contributed by atoms with van der Waals surface area (Å²) in [5.74, 6) is 13.1. The number of hydrazine groups is 2. The Kier molecular flexibility index (Phi) is 7.43. The third-order valence-electron chi connectivity index (χ3n) is 6.64. The summed E-state index contributed by atoms with van der Waals surface area (Å²) < 4.78 is 18.5. The number of nitrogens with two attached hydrogens (primary N) is 4. The van der Waals surface area contributed by atoms with Crippen molar-refractivity contribution in [1.82, 2.24) is 19.6 Å². The molecule has 1 aliphatic rings. The van der Waals surface area contributed by atoms with Gasteiger partial charge in [-0.2, -0.15) is 0 Å². The van der Waals surface area contributed by atoms with Crippen molar-refractivity contribution in [3.05, 3.63) is 53.4 Å². The summed E-state index contributed by atoms with van der Waals surface area (Å²) in [6.45, 7) is 2.34. The molecule has 1 saturated heterocycles. The maximum absolute atomic E-state index is 6.14. The second kappa shape index (κ2) is 10.5. The Morgan fingerprint density at radius 2 is 1.56 bits per heavy atom. The highest BCUT2D eigenvalue weighted by Crippen LogP contribution is 2.34. The number of benzene rings is 1. The van der Waals surface area contributed by atoms with E-state index in [2.05, 4.69) is 16.7 Å². The average molecular weight is 497 g/mol. The molecule has 0 unspecified atom stereocenters. The number of hydrogen-bond donors (Lipinski definition) is 4. The average Bonchev–Trinajstić information content (AvgIpc) is 3.16. The summed E-state index contributed by atoms with van der Waals surface area (Å²) in [6.07, 6.45) is 3.75. The Hall–Kier alpha value is -3.67. The van der Waals surface area contributed by atoms with Gasteiger partial charge in [0.2, 0.25) is 11.8 Å². The fraction of sp³-hybridized carbons (Fsp3) is 0.400. The smallest absolute Gasteiger partial charge is 0.210 e. The summed E-state index contributed by atoms with van der Waals surface area (Å²) in [7, 11) is 6.48. The SMILES string of the molecule is CO/C(N)=C(\c1ccc2c3ncc(/C(=C(/N)OC)N(C)N)cc3n(CC3CCOCC3)c2c1)N(C)N. The highest BCUT2D eigenvalue weighted by molar-refractivity contribution is 6.07. The Balaban J connectivity index is 1.98. The number of rotatable bonds is 8. The molecule has 194 valence electrons. The second-order valence-corrected chi connectivity index (χ2v) is 9.05. The van der Waals surface area contributed by atoms with E-state index in [1.165, 1.54) is 24.2 Å². The van der Waals surface area contributed by atoms with Crippen LogP contribution in [-0.4, -0.2) is 61.1 Å². The second-order valence-electron chi connectivity index (χ2n) is 9.05. The van der Waals surface area contributed by atoms with E-state index in [9.17, 15) is 0 Å². The molecule has 0 saturated carbocycles. The highest BCUT2D eigenvalue weighted by Gasteiger charge is 2.22. The van der Waals surface area contributed by atoms with Gasteiger partial charge >= 0.3 is 0 Å². The molecule has 1 aromatic carbocycles. The lowest BCUT2D eigenvalue weighted by Crippen LogP contribution is -2.27. The van der Waals surface area contributed by atoms with Gasteiger partial charge in [-0.15, -0.1) is 0 Å². The van der Waals surface area contributed by atoms with Crippen molar-refractivity contribution in [1.29, 1.82) is 0 Å². The van der Waals surface area contributed by atoms with Crippen molar-refractivity contribution in [2.45, 2.75) is 19.4 Å². The van der Waals surface area contributed by atoms with E-state index in [0.29, 0.717) is 17.3 Å². The monoisotopic (exact) mass is 496 g/mol. The lowest BCUT2D eigenvalue weighted by Gasteiger charge is -2.24. The summed E-state index contributed by atoms with van der Waals surface area (Å²) in [5.41, 5.74) is 17.9. The van der Waals surface area contributed by atoms with Crippen LogP contribution in [0.3, 0.4) is 0 Å². The van der Waals surface area contributed by atoms with Crippen LogP contribution in [0, 0.1) is 5.92 Å². The maximum atomic E-state index is 6.14. The Labute approximate surface area is 210 Å². The van der Waals surface area contributed by atoms with Gasteiger partial charge in [0.15, 0.2) is 0 Å². The third-order valence-corrected chi connectivity index (χ3v) is 6.64. The Morgan fingerprint density at radius 1 is 0.972 bits per heavy atom. The molecule has 0 bridgehead atoms. The molecule has 36 heavy (non-hydrogen) atoms. The van der Waals surface area contributed by atoms with E-state index < -0.39 is 0 Å². The first-order chi connectivity index (χ1) is 17.3. The van der Waals surface area contributed by atoms with Crippen molar-refractivity contribution in [2.75, 3.05) is 41.5 Å². The van der Waals surface area contributed by atoms with Crippen LogP contribution in [0.2, 0.25) is 0 Å². The molecule has 1 aliphatic heterocycles. The first kappa shape index (κ1) is 25.4.